The normalized spacial score (nSPS) is 9.83. The Labute approximate surface area is 106 Å². The molecule has 0 fully saturated rings. The highest BCUT2D eigenvalue weighted by molar-refractivity contribution is 5.72. The number of benzene rings is 2. The summed E-state index contributed by atoms with van der Waals surface area (Å²) in [5.74, 6) is 1.29. The number of hydrogen-bond acceptors (Lipinski definition) is 3. The molecule has 0 aliphatic carbocycles. The van der Waals surface area contributed by atoms with E-state index in [0.29, 0.717) is 0 Å². The molecule has 0 spiro atoms. The molecule has 2 aromatic rings. The molecular formula is C15H14O3. The number of esters is 1. The Balaban J connectivity index is 2.02. The van der Waals surface area contributed by atoms with Crippen molar-refractivity contribution >= 4 is 5.97 Å². The van der Waals surface area contributed by atoms with Crippen LogP contribution in [0.1, 0.15) is 5.56 Å². The van der Waals surface area contributed by atoms with Crippen LogP contribution in [0.4, 0.5) is 0 Å². The van der Waals surface area contributed by atoms with Gasteiger partial charge in [0.05, 0.1) is 13.5 Å². The van der Waals surface area contributed by atoms with Crippen LogP contribution < -0.4 is 4.74 Å². The fraction of sp³-hybridized carbons (Fsp3) is 0.133. The molecule has 3 heteroatoms. The third kappa shape index (κ3) is 3.35. The summed E-state index contributed by atoms with van der Waals surface area (Å²) in [4.78, 5) is 11.1. The van der Waals surface area contributed by atoms with Crippen molar-refractivity contribution in [2.24, 2.45) is 0 Å². The van der Waals surface area contributed by atoms with Gasteiger partial charge in [0, 0.05) is 0 Å². The van der Waals surface area contributed by atoms with Crippen LogP contribution in [0.15, 0.2) is 54.6 Å². The summed E-state index contributed by atoms with van der Waals surface area (Å²) in [5.41, 5.74) is 0.905. The molecule has 2 rings (SSSR count). The lowest BCUT2D eigenvalue weighted by Gasteiger charge is -2.06. The molecule has 3 nitrogen and oxygen atoms in total. The molecule has 0 heterocycles. The standard InChI is InChI=1S/C15H14O3/c1-17-15(16)11-12-7-9-14(10-8-12)18-13-5-3-2-4-6-13/h2-10H,11H2,1H3. The maximum Gasteiger partial charge on any atom is 0.309 e. The number of ether oxygens (including phenoxy) is 2. The van der Waals surface area contributed by atoms with Crippen LogP contribution in [0, 0.1) is 0 Å². The van der Waals surface area contributed by atoms with Crippen LogP contribution in [0.5, 0.6) is 11.5 Å². The number of carbonyl (C=O) groups excluding carboxylic acids is 1. The first-order valence-electron chi connectivity index (χ1n) is 5.66. The second kappa shape index (κ2) is 5.87. The first-order valence-corrected chi connectivity index (χ1v) is 5.66. The second-order valence-electron chi connectivity index (χ2n) is 3.81. The minimum absolute atomic E-state index is 0.244. The second-order valence-corrected chi connectivity index (χ2v) is 3.81. The maximum absolute atomic E-state index is 11.1. The average molecular weight is 242 g/mol. The molecular weight excluding hydrogens is 228 g/mol. The van der Waals surface area contributed by atoms with Crippen LogP contribution in [0.3, 0.4) is 0 Å². The minimum Gasteiger partial charge on any atom is -0.469 e. The first kappa shape index (κ1) is 12.2. The van der Waals surface area contributed by atoms with Crippen molar-refractivity contribution < 1.29 is 14.3 Å². The van der Waals surface area contributed by atoms with Gasteiger partial charge in [-0.15, -0.1) is 0 Å². The lowest BCUT2D eigenvalue weighted by Crippen LogP contribution is -2.04. The molecule has 2 aromatic carbocycles. The Morgan fingerprint density at radius 2 is 1.56 bits per heavy atom. The third-order valence-electron chi connectivity index (χ3n) is 2.48. The zero-order chi connectivity index (χ0) is 12.8. The lowest BCUT2D eigenvalue weighted by molar-refractivity contribution is -0.139. The largest absolute Gasteiger partial charge is 0.469 e. The Kier molecular flexibility index (Phi) is 3.97. The van der Waals surface area contributed by atoms with E-state index < -0.39 is 0 Å². The molecule has 0 aliphatic rings. The predicted octanol–water partition coefficient (Wildman–Crippen LogP) is 3.19. The van der Waals surface area contributed by atoms with E-state index in [1.54, 1.807) is 0 Å². The van der Waals surface area contributed by atoms with Gasteiger partial charge in [-0.1, -0.05) is 30.3 Å². The van der Waals surface area contributed by atoms with Crippen molar-refractivity contribution in [2.75, 3.05) is 7.11 Å². The molecule has 92 valence electrons. The van der Waals surface area contributed by atoms with Crippen molar-refractivity contribution in [1.82, 2.24) is 0 Å². The molecule has 0 N–H and O–H groups in total. The fourth-order valence-electron chi connectivity index (χ4n) is 1.54. The topological polar surface area (TPSA) is 35.5 Å². The van der Waals surface area contributed by atoms with E-state index in [9.17, 15) is 4.79 Å². The predicted molar refractivity (Wildman–Crippen MR) is 68.7 cm³/mol. The van der Waals surface area contributed by atoms with Gasteiger partial charge in [0.1, 0.15) is 11.5 Å². The highest BCUT2D eigenvalue weighted by Crippen LogP contribution is 2.21. The Hall–Kier alpha value is -2.29. The Morgan fingerprint density at radius 3 is 2.17 bits per heavy atom. The molecule has 0 aromatic heterocycles. The van der Waals surface area contributed by atoms with E-state index in [1.807, 2.05) is 54.6 Å². The van der Waals surface area contributed by atoms with Crippen molar-refractivity contribution in [2.45, 2.75) is 6.42 Å². The number of rotatable bonds is 4. The Bertz CT molecular complexity index is 503. The number of carbonyl (C=O) groups is 1. The summed E-state index contributed by atoms with van der Waals surface area (Å²) in [6, 6.07) is 16.9. The molecule has 0 bridgehead atoms. The molecule has 0 saturated heterocycles. The highest BCUT2D eigenvalue weighted by atomic mass is 16.5. The Morgan fingerprint density at radius 1 is 0.944 bits per heavy atom. The monoisotopic (exact) mass is 242 g/mol. The van der Waals surface area contributed by atoms with Gasteiger partial charge in [-0.2, -0.15) is 0 Å². The zero-order valence-electron chi connectivity index (χ0n) is 10.1. The van der Waals surface area contributed by atoms with Crippen molar-refractivity contribution in [1.29, 1.82) is 0 Å². The van der Waals surface area contributed by atoms with Crippen LogP contribution in [0.25, 0.3) is 0 Å². The lowest BCUT2D eigenvalue weighted by atomic mass is 10.1. The molecule has 0 unspecified atom stereocenters. The summed E-state index contributed by atoms with van der Waals surface area (Å²) >= 11 is 0. The number of methoxy groups -OCH3 is 1. The van der Waals surface area contributed by atoms with Gasteiger partial charge in [-0.25, -0.2) is 0 Å². The van der Waals surface area contributed by atoms with E-state index in [4.69, 9.17) is 4.74 Å². The van der Waals surface area contributed by atoms with E-state index in [1.165, 1.54) is 7.11 Å². The van der Waals surface area contributed by atoms with E-state index in [2.05, 4.69) is 4.74 Å². The van der Waals surface area contributed by atoms with Gasteiger partial charge in [-0.05, 0) is 29.8 Å². The van der Waals surface area contributed by atoms with Gasteiger partial charge in [0.15, 0.2) is 0 Å². The van der Waals surface area contributed by atoms with E-state index in [-0.39, 0.29) is 12.4 Å². The summed E-state index contributed by atoms with van der Waals surface area (Å²) in [6.45, 7) is 0. The summed E-state index contributed by atoms with van der Waals surface area (Å²) < 4.78 is 10.3. The number of para-hydroxylation sites is 1. The molecule has 18 heavy (non-hydrogen) atoms. The minimum atomic E-state index is -0.244. The molecule has 0 aliphatic heterocycles. The van der Waals surface area contributed by atoms with Gasteiger partial charge < -0.3 is 9.47 Å². The third-order valence-corrected chi connectivity index (χ3v) is 2.48. The van der Waals surface area contributed by atoms with Crippen LogP contribution in [-0.2, 0) is 16.0 Å². The molecule has 0 saturated carbocycles. The van der Waals surface area contributed by atoms with Crippen molar-refractivity contribution in [3.8, 4) is 11.5 Å². The fourth-order valence-corrected chi connectivity index (χ4v) is 1.54. The molecule has 0 amide bonds. The summed E-state index contributed by atoms with van der Waals surface area (Å²) in [5, 5.41) is 0. The van der Waals surface area contributed by atoms with Crippen LogP contribution >= 0.6 is 0 Å². The van der Waals surface area contributed by atoms with Crippen LogP contribution in [-0.4, -0.2) is 13.1 Å². The van der Waals surface area contributed by atoms with Crippen LogP contribution in [0.2, 0.25) is 0 Å². The zero-order valence-corrected chi connectivity index (χ0v) is 10.1. The average Bonchev–Trinajstić information content (AvgIpc) is 2.42. The van der Waals surface area contributed by atoms with Crippen molar-refractivity contribution in [3.05, 3.63) is 60.2 Å². The van der Waals surface area contributed by atoms with E-state index in [0.717, 1.165) is 17.1 Å². The van der Waals surface area contributed by atoms with Crippen molar-refractivity contribution in [3.63, 3.8) is 0 Å². The highest BCUT2D eigenvalue weighted by Gasteiger charge is 2.03. The maximum atomic E-state index is 11.1. The summed E-state index contributed by atoms with van der Waals surface area (Å²) in [7, 11) is 1.38. The molecule has 0 atom stereocenters. The van der Waals surface area contributed by atoms with Gasteiger partial charge in [-0.3, -0.25) is 4.79 Å². The van der Waals surface area contributed by atoms with E-state index >= 15 is 0 Å². The number of hydrogen-bond donors (Lipinski definition) is 0. The SMILES string of the molecule is COC(=O)Cc1ccc(Oc2ccccc2)cc1. The molecule has 0 radical (unpaired) electrons. The first-order chi connectivity index (χ1) is 8.78. The quantitative estimate of drug-likeness (QED) is 0.772. The van der Waals surface area contributed by atoms with Gasteiger partial charge >= 0.3 is 5.97 Å². The summed E-state index contributed by atoms with van der Waals surface area (Å²) in [6.07, 6.45) is 0.280. The smallest absolute Gasteiger partial charge is 0.309 e. The van der Waals surface area contributed by atoms with Gasteiger partial charge in [0.25, 0.3) is 0 Å². The van der Waals surface area contributed by atoms with Gasteiger partial charge in [0.2, 0.25) is 0 Å².